The van der Waals surface area contributed by atoms with E-state index in [0.29, 0.717) is 0 Å². The monoisotopic (exact) mass is 266 g/mol. The first kappa shape index (κ1) is 13.1. The van der Waals surface area contributed by atoms with Gasteiger partial charge in [-0.05, 0) is 54.8 Å². The average molecular weight is 266 g/mol. The van der Waals surface area contributed by atoms with Gasteiger partial charge in [-0.25, -0.2) is 0 Å². The Kier molecular flexibility index (Phi) is 3.51. The summed E-state index contributed by atoms with van der Waals surface area (Å²) in [4.78, 5) is 0. The van der Waals surface area contributed by atoms with Gasteiger partial charge in [0.15, 0.2) is 0 Å². The molecule has 0 nitrogen and oxygen atoms in total. The van der Waals surface area contributed by atoms with E-state index in [0.717, 1.165) is 28.7 Å². The Balaban J connectivity index is 2.21. The van der Waals surface area contributed by atoms with Gasteiger partial charge in [0.25, 0.3) is 0 Å². The molecule has 21 heavy (non-hydrogen) atoms. The third-order valence-electron chi connectivity index (χ3n) is 3.67. The summed E-state index contributed by atoms with van der Waals surface area (Å²) in [6.07, 6.45) is 0.987. The van der Waals surface area contributed by atoms with Gasteiger partial charge >= 0.3 is 0 Å². The molecule has 0 heterocycles. The summed E-state index contributed by atoms with van der Waals surface area (Å²) < 4.78 is 0. The van der Waals surface area contributed by atoms with E-state index in [4.69, 9.17) is 0 Å². The van der Waals surface area contributed by atoms with E-state index in [9.17, 15) is 0 Å². The van der Waals surface area contributed by atoms with Crippen LogP contribution in [0.5, 0.6) is 0 Å². The SMILES string of the molecule is CCc1cc#cc(-c2c#cccc2-c2c#cccc2)c1C. The van der Waals surface area contributed by atoms with Crippen molar-refractivity contribution in [2.24, 2.45) is 0 Å². The zero-order valence-corrected chi connectivity index (χ0v) is 12.2. The minimum absolute atomic E-state index is 0.987. The highest BCUT2D eigenvalue weighted by Crippen LogP contribution is 2.31. The molecule has 0 spiro atoms. The van der Waals surface area contributed by atoms with Gasteiger partial charge in [-0.1, -0.05) is 49.4 Å². The molecular formula is C21H14. The highest BCUT2D eigenvalue weighted by atomic mass is 14.1. The van der Waals surface area contributed by atoms with Crippen molar-refractivity contribution in [2.75, 3.05) is 0 Å². The minimum Gasteiger partial charge on any atom is -0.0696 e. The quantitative estimate of drug-likeness (QED) is 0.645. The van der Waals surface area contributed by atoms with Crippen LogP contribution in [0.25, 0.3) is 22.3 Å². The van der Waals surface area contributed by atoms with E-state index in [-0.39, 0.29) is 0 Å². The first-order valence-corrected chi connectivity index (χ1v) is 7.04. The fourth-order valence-corrected chi connectivity index (χ4v) is 2.50. The molecule has 0 aliphatic carbocycles. The first-order valence-electron chi connectivity index (χ1n) is 7.04. The Bertz CT molecular complexity index is 739. The van der Waals surface area contributed by atoms with Gasteiger partial charge in [0.05, 0.1) is 0 Å². The van der Waals surface area contributed by atoms with Crippen molar-refractivity contribution in [3.05, 3.63) is 83.9 Å². The lowest BCUT2D eigenvalue weighted by atomic mass is 9.92. The van der Waals surface area contributed by atoms with E-state index in [1.54, 1.807) is 0 Å². The summed E-state index contributed by atoms with van der Waals surface area (Å²) in [5, 5.41) is 0. The summed E-state index contributed by atoms with van der Waals surface area (Å²) in [5.41, 5.74) is 6.64. The second kappa shape index (κ2) is 5.63. The maximum atomic E-state index is 3.24. The fourth-order valence-electron chi connectivity index (χ4n) is 2.50. The van der Waals surface area contributed by atoms with Crippen LogP contribution < -0.4 is 0 Å². The Morgan fingerprint density at radius 3 is 2.48 bits per heavy atom. The molecule has 0 saturated carbocycles. The summed E-state index contributed by atoms with van der Waals surface area (Å²) in [7, 11) is 0. The van der Waals surface area contributed by atoms with E-state index in [1.807, 2.05) is 36.4 Å². The Labute approximate surface area is 127 Å². The number of hydrogen-bond donors (Lipinski definition) is 0. The van der Waals surface area contributed by atoms with Gasteiger partial charge in [-0.15, -0.1) is 0 Å². The van der Waals surface area contributed by atoms with Gasteiger partial charge in [0.2, 0.25) is 0 Å². The molecule has 0 heteroatoms. The molecule has 0 amide bonds. The topological polar surface area (TPSA) is 0 Å². The molecule has 0 aromatic heterocycles. The van der Waals surface area contributed by atoms with Gasteiger partial charge in [-0.3, -0.25) is 0 Å². The number of rotatable bonds is 3. The summed E-state index contributed by atoms with van der Waals surface area (Å²) in [5.74, 6) is 0. The highest BCUT2D eigenvalue weighted by Gasteiger charge is 2.10. The van der Waals surface area contributed by atoms with Crippen molar-refractivity contribution in [3.8, 4) is 22.3 Å². The third kappa shape index (κ3) is 2.43. The van der Waals surface area contributed by atoms with Gasteiger partial charge in [0, 0.05) is 22.3 Å². The fraction of sp³-hybridized carbons (Fsp3) is 0.143. The summed E-state index contributed by atoms with van der Waals surface area (Å²) >= 11 is 0. The lowest BCUT2D eigenvalue weighted by Gasteiger charge is -2.09. The maximum Gasteiger partial charge on any atom is 0.0493 e. The lowest BCUT2D eigenvalue weighted by Crippen LogP contribution is -1.90. The third-order valence-corrected chi connectivity index (χ3v) is 3.67. The van der Waals surface area contributed by atoms with E-state index in [1.165, 1.54) is 11.1 Å². The van der Waals surface area contributed by atoms with Crippen LogP contribution in [-0.4, -0.2) is 0 Å². The van der Waals surface area contributed by atoms with Gasteiger partial charge in [0.1, 0.15) is 0 Å². The van der Waals surface area contributed by atoms with Crippen molar-refractivity contribution in [3.63, 3.8) is 0 Å². The van der Waals surface area contributed by atoms with Crippen LogP contribution in [0.4, 0.5) is 0 Å². The Morgan fingerprint density at radius 2 is 1.71 bits per heavy atom. The van der Waals surface area contributed by atoms with Crippen LogP contribution in [0.2, 0.25) is 0 Å². The molecule has 0 N–H and O–H groups in total. The standard InChI is InChI=1S/C21H14/c1-3-17-12-9-15-19(16(17)2)21-14-8-7-13-20(21)18-10-5-4-6-11-18/h4-5,7,10,12-13H,3H2,1-2H3. The largest absolute Gasteiger partial charge is 0.0696 e. The molecule has 3 rings (SSSR count). The van der Waals surface area contributed by atoms with Crippen LogP contribution in [0.3, 0.4) is 0 Å². The molecule has 0 aliphatic rings. The minimum atomic E-state index is 0.987. The second-order valence-corrected chi connectivity index (χ2v) is 4.89. The van der Waals surface area contributed by atoms with Crippen molar-refractivity contribution >= 4 is 0 Å². The molecule has 0 bridgehead atoms. The molecule has 3 aromatic carbocycles. The second-order valence-electron chi connectivity index (χ2n) is 4.89. The van der Waals surface area contributed by atoms with E-state index >= 15 is 0 Å². The Morgan fingerprint density at radius 1 is 0.905 bits per heavy atom. The first-order chi connectivity index (χ1) is 10.3. The van der Waals surface area contributed by atoms with Crippen molar-refractivity contribution in [1.29, 1.82) is 0 Å². The molecule has 0 unspecified atom stereocenters. The maximum absolute atomic E-state index is 3.24. The zero-order chi connectivity index (χ0) is 14.7. The normalized spacial score (nSPS) is 9.43. The predicted octanol–water partition coefficient (Wildman–Crippen LogP) is 4.69. The van der Waals surface area contributed by atoms with Gasteiger partial charge in [-0.2, -0.15) is 0 Å². The highest BCUT2D eigenvalue weighted by molar-refractivity contribution is 5.82. The van der Waals surface area contributed by atoms with Crippen LogP contribution in [0.15, 0.2) is 36.4 Å². The van der Waals surface area contributed by atoms with Crippen LogP contribution in [-0.2, 0) is 6.42 Å². The smallest absolute Gasteiger partial charge is 0.0493 e. The van der Waals surface area contributed by atoms with Crippen LogP contribution >= 0.6 is 0 Å². The summed E-state index contributed by atoms with van der Waals surface area (Å²) in [6, 6.07) is 30.6. The Hall–Kier alpha value is -2.88. The molecule has 98 valence electrons. The van der Waals surface area contributed by atoms with E-state index < -0.39 is 0 Å². The average Bonchev–Trinajstić information content (AvgIpc) is 2.56. The van der Waals surface area contributed by atoms with Crippen molar-refractivity contribution < 1.29 is 0 Å². The molecule has 0 atom stereocenters. The molecule has 0 fully saturated rings. The molecular weight excluding hydrogens is 252 g/mol. The molecule has 0 aliphatic heterocycles. The zero-order valence-electron chi connectivity index (χ0n) is 12.2. The molecule has 0 radical (unpaired) electrons. The van der Waals surface area contributed by atoms with Crippen LogP contribution in [0.1, 0.15) is 18.1 Å². The number of aryl methyl sites for hydroxylation is 1. The van der Waals surface area contributed by atoms with Crippen molar-refractivity contribution in [1.82, 2.24) is 0 Å². The predicted molar refractivity (Wildman–Crippen MR) is 84.4 cm³/mol. The van der Waals surface area contributed by atoms with Gasteiger partial charge < -0.3 is 0 Å². The van der Waals surface area contributed by atoms with Crippen molar-refractivity contribution in [2.45, 2.75) is 20.3 Å². The molecule has 3 aromatic rings. The lowest BCUT2D eigenvalue weighted by molar-refractivity contribution is 1.11. The number of hydrogen-bond acceptors (Lipinski definition) is 0. The summed E-state index contributed by atoms with van der Waals surface area (Å²) in [6.45, 7) is 4.28. The van der Waals surface area contributed by atoms with Crippen LogP contribution in [0, 0.1) is 43.3 Å². The van der Waals surface area contributed by atoms with E-state index in [2.05, 4.69) is 50.2 Å². The molecule has 0 saturated heterocycles.